The van der Waals surface area contributed by atoms with Gasteiger partial charge in [0, 0.05) is 30.9 Å². The lowest BCUT2D eigenvalue weighted by Gasteiger charge is -2.07. The zero-order valence-corrected chi connectivity index (χ0v) is 11.1. The molecule has 2 rings (SSSR count). The van der Waals surface area contributed by atoms with E-state index >= 15 is 0 Å². The summed E-state index contributed by atoms with van der Waals surface area (Å²) in [5.41, 5.74) is 1.42. The molecule has 0 spiro atoms. The van der Waals surface area contributed by atoms with Crippen LogP contribution < -0.4 is 5.32 Å². The van der Waals surface area contributed by atoms with Crippen molar-refractivity contribution in [3.05, 3.63) is 47.3 Å². The second-order valence-corrected chi connectivity index (χ2v) is 4.55. The number of benzene rings is 1. The standard InChI is InChI=1S/C14H17F2N3/c1-3-4-19-9-11(8-18-19)7-17-14-6-12(15)10(2)5-13(14)16/h5-6,8-9,17H,3-4,7H2,1-2H3. The SMILES string of the molecule is CCCn1cc(CNc2cc(F)c(C)cc2F)cn1. The van der Waals surface area contributed by atoms with Crippen LogP contribution in [-0.4, -0.2) is 9.78 Å². The average Bonchev–Trinajstić information content (AvgIpc) is 2.80. The zero-order chi connectivity index (χ0) is 13.8. The molecule has 102 valence electrons. The van der Waals surface area contributed by atoms with Gasteiger partial charge in [0.2, 0.25) is 0 Å². The lowest BCUT2D eigenvalue weighted by Crippen LogP contribution is -2.02. The predicted molar refractivity (Wildman–Crippen MR) is 70.9 cm³/mol. The van der Waals surface area contributed by atoms with E-state index in [0.717, 1.165) is 18.5 Å². The molecule has 0 unspecified atom stereocenters. The maximum Gasteiger partial charge on any atom is 0.146 e. The van der Waals surface area contributed by atoms with E-state index < -0.39 is 11.6 Å². The van der Waals surface area contributed by atoms with Crippen LogP contribution in [0.2, 0.25) is 0 Å². The number of anilines is 1. The summed E-state index contributed by atoms with van der Waals surface area (Å²) in [6.07, 6.45) is 4.64. The summed E-state index contributed by atoms with van der Waals surface area (Å²) < 4.78 is 28.8. The Morgan fingerprint density at radius 1 is 1.26 bits per heavy atom. The van der Waals surface area contributed by atoms with Gasteiger partial charge in [-0.2, -0.15) is 5.10 Å². The molecule has 3 nitrogen and oxygen atoms in total. The van der Waals surface area contributed by atoms with E-state index in [2.05, 4.69) is 17.3 Å². The van der Waals surface area contributed by atoms with E-state index in [1.54, 1.807) is 6.20 Å². The largest absolute Gasteiger partial charge is 0.378 e. The lowest BCUT2D eigenvalue weighted by molar-refractivity contribution is 0.594. The summed E-state index contributed by atoms with van der Waals surface area (Å²) >= 11 is 0. The summed E-state index contributed by atoms with van der Waals surface area (Å²) in [7, 11) is 0. The molecule has 1 aromatic heterocycles. The third kappa shape index (κ3) is 3.30. The molecule has 0 saturated heterocycles. The van der Waals surface area contributed by atoms with Crippen molar-refractivity contribution >= 4 is 5.69 Å². The molecule has 0 aliphatic rings. The fourth-order valence-corrected chi connectivity index (χ4v) is 1.83. The Bertz CT molecular complexity index is 564. The first-order valence-corrected chi connectivity index (χ1v) is 6.31. The van der Waals surface area contributed by atoms with E-state index in [4.69, 9.17) is 0 Å². The zero-order valence-electron chi connectivity index (χ0n) is 11.1. The summed E-state index contributed by atoms with van der Waals surface area (Å²) in [5.74, 6) is -0.856. The number of rotatable bonds is 5. The monoisotopic (exact) mass is 265 g/mol. The molecule has 0 atom stereocenters. The number of nitrogens with one attached hydrogen (secondary N) is 1. The Morgan fingerprint density at radius 3 is 2.79 bits per heavy atom. The quantitative estimate of drug-likeness (QED) is 0.896. The molecule has 5 heteroatoms. The van der Waals surface area contributed by atoms with Gasteiger partial charge in [0.05, 0.1) is 11.9 Å². The van der Waals surface area contributed by atoms with Crippen molar-refractivity contribution in [3.63, 3.8) is 0 Å². The maximum absolute atomic E-state index is 13.6. The Hall–Kier alpha value is -1.91. The second-order valence-electron chi connectivity index (χ2n) is 4.55. The first-order chi connectivity index (χ1) is 9.10. The van der Waals surface area contributed by atoms with Crippen LogP contribution in [0.15, 0.2) is 24.5 Å². The normalized spacial score (nSPS) is 10.7. The Morgan fingerprint density at radius 2 is 2.05 bits per heavy atom. The molecule has 0 saturated carbocycles. The van der Waals surface area contributed by atoms with Crippen molar-refractivity contribution in [3.8, 4) is 0 Å². The van der Waals surface area contributed by atoms with Gasteiger partial charge in [-0.25, -0.2) is 8.78 Å². The fourth-order valence-electron chi connectivity index (χ4n) is 1.83. The second kappa shape index (κ2) is 5.82. The molecular weight excluding hydrogens is 248 g/mol. The Kier molecular flexibility index (Phi) is 4.14. The molecule has 19 heavy (non-hydrogen) atoms. The van der Waals surface area contributed by atoms with Crippen LogP contribution in [0.3, 0.4) is 0 Å². The molecule has 0 aliphatic heterocycles. The molecule has 1 N–H and O–H groups in total. The van der Waals surface area contributed by atoms with Crippen molar-refractivity contribution in [1.82, 2.24) is 9.78 Å². The van der Waals surface area contributed by atoms with Crippen molar-refractivity contribution in [2.75, 3.05) is 5.32 Å². The van der Waals surface area contributed by atoms with Gasteiger partial charge in [0.1, 0.15) is 11.6 Å². The summed E-state index contributed by atoms with van der Waals surface area (Å²) in [4.78, 5) is 0. The maximum atomic E-state index is 13.6. The van der Waals surface area contributed by atoms with Crippen LogP contribution in [0.1, 0.15) is 24.5 Å². The highest BCUT2D eigenvalue weighted by atomic mass is 19.1. The average molecular weight is 265 g/mol. The predicted octanol–water partition coefficient (Wildman–Crippen LogP) is 3.49. The molecule has 0 amide bonds. The summed E-state index contributed by atoms with van der Waals surface area (Å²) in [6, 6.07) is 2.37. The van der Waals surface area contributed by atoms with Crippen LogP contribution in [0.4, 0.5) is 14.5 Å². The first-order valence-electron chi connectivity index (χ1n) is 6.31. The molecule has 2 aromatic rings. The topological polar surface area (TPSA) is 29.9 Å². The number of hydrogen-bond acceptors (Lipinski definition) is 2. The molecule has 0 aliphatic carbocycles. The Balaban J connectivity index is 2.03. The number of hydrogen-bond donors (Lipinski definition) is 1. The third-order valence-corrected chi connectivity index (χ3v) is 2.87. The highest BCUT2D eigenvalue weighted by Gasteiger charge is 2.07. The fraction of sp³-hybridized carbons (Fsp3) is 0.357. The van der Waals surface area contributed by atoms with Gasteiger partial charge in [-0.15, -0.1) is 0 Å². The van der Waals surface area contributed by atoms with Crippen LogP contribution >= 0.6 is 0 Å². The van der Waals surface area contributed by atoms with Gasteiger partial charge < -0.3 is 5.32 Å². The van der Waals surface area contributed by atoms with E-state index in [-0.39, 0.29) is 5.69 Å². The van der Waals surface area contributed by atoms with Gasteiger partial charge in [-0.1, -0.05) is 6.92 Å². The summed E-state index contributed by atoms with van der Waals surface area (Å²) in [6.45, 7) is 4.89. The van der Waals surface area contributed by atoms with Gasteiger partial charge in [-0.05, 0) is 25.0 Å². The van der Waals surface area contributed by atoms with Crippen molar-refractivity contribution in [2.45, 2.75) is 33.4 Å². The van der Waals surface area contributed by atoms with Gasteiger partial charge in [0.15, 0.2) is 0 Å². The highest BCUT2D eigenvalue weighted by Crippen LogP contribution is 2.19. The number of aryl methyl sites for hydroxylation is 2. The van der Waals surface area contributed by atoms with Crippen LogP contribution in [0, 0.1) is 18.6 Å². The van der Waals surface area contributed by atoms with Gasteiger partial charge >= 0.3 is 0 Å². The van der Waals surface area contributed by atoms with Crippen LogP contribution in [0.5, 0.6) is 0 Å². The van der Waals surface area contributed by atoms with E-state index in [0.29, 0.717) is 12.1 Å². The molecule has 1 aromatic carbocycles. The van der Waals surface area contributed by atoms with Crippen LogP contribution in [0.25, 0.3) is 0 Å². The van der Waals surface area contributed by atoms with Crippen molar-refractivity contribution in [2.24, 2.45) is 0 Å². The smallest absolute Gasteiger partial charge is 0.146 e. The van der Waals surface area contributed by atoms with Crippen molar-refractivity contribution in [1.29, 1.82) is 0 Å². The van der Waals surface area contributed by atoms with E-state index in [9.17, 15) is 8.78 Å². The van der Waals surface area contributed by atoms with Gasteiger partial charge in [0.25, 0.3) is 0 Å². The minimum atomic E-state index is -0.445. The molecular formula is C14H17F2N3. The number of nitrogens with zero attached hydrogens (tertiary/aromatic N) is 2. The Labute approximate surface area is 111 Å². The molecule has 0 fully saturated rings. The van der Waals surface area contributed by atoms with Gasteiger partial charge in [-0.3, -0.25) is 4.68 Å². The third-order valence-electron chi connectivity index (χ3n) is 2.87. The summed E-state index contributed by atoms with van der Waals surface area (Å²) in [5, 5.41) is 7.07. The van der Waals surface area contributed by atoms with E-state index in [1.165, 1.54) is 19.1 Å². The highest BCUT2D eigenvalue weighted by molar-refractivity contribution is 5.47. The molecule has 0 radical (unpaired) electrons. The van der Waals surface area contributed by atoms with Crippen LogP contribution in [-0.2, 0) is 13.1 Å². The number of aromatic nitrogens is 2. The molecule has 1 heterocycles. The lowest BCUT2D eigenvalue weighted by atomic mass is 10.2. The minimum Gasteiger partial charge on any atom is -0.378 e. The first kappa shape index (κ1) is 13.5. The van der Waals surface area contributed by atoms with E-state index in [1.807, 2.05) is 10.9 Å². The molecule has 0 bridgehead atoms. The van der Waals surface area contributed by atoms with Crippen molar-refractivity contribution < 1.29 is 8.78 Å². The minimum absolute atomic E-state index is 0.173. The number of halogens is 2.